The Balaban J connectivity index is 1.50. The van der Waals surface area contributed by atoms with E-state index in [1.54, 1.807) is 6.07 Å². The minimum absolute atomic E-state index is 0.0274. The van der Waals surface area contributed by atoms with Gasteiger partial charge in [0.25, 0.3) is 0 Å². The maximum atomic E-state index is 12.7. The minimum Gasteiger partial charge on any atom is -0.356 e. The highest BCUT2D eigenvalue weighted by molar-refractivity contribution is 7.91. The minimum atomic E-state index is -3.46. The molecule has 2 bridgehead atoms. The van der Waals surface area contributed by atoms with E-state index in [1.165, 1.54) is 11.3 Å². The number of nitrogens with one attached hydrogen (secondary N) is 3. The van der Waals surface area contributed by atoms with Crippen molar-refractivity contribution in [3.63, 3.8) is 0 Å². The second-order valence-corrected chi connectivity index (χ2v) is 11.0. The molecule has 0 aromatic carbocycles. The number of thiophene rings is 1. The molecule has 2 unspecified atom stereocenters. The van der Waals surface area contributed by atoms with Gasteiger partial charge in [0.15, 0.2) is 0 Å². The Morgan fingerprint density at radius 1 is 1.27 bits per heavy atom. The molecule has 1 aromatic heterocycles. The first-order valence-electron chi connectivity index (χ1n) is 9.45. The van der Waals surface area contributed by atoms with Crippen molar-refractivity contribution in [2.24, 2.45) is 5.92 Å². The lowest BCUT2D eigenvalue weighted by Gasteiger charge is -2.29. The van der Waals surface area contributed by atoms with Gasteiger partial charge in [0, 0.05) is 36.0 Å². The number of piperidine rings is 1. The van der Waals surface area contributed by atoms with Crippen LogP contribution < -0.4 is 15.4 Å². The summed E-state index contributed by atoms with van der Waals surface area (Å²) in [7, 11) is -3.46. The van der Waals surface area contributed by atoms with E-state index in [9.17, 15) is 13.2 Å². The van der Waals surface area contributed by atoms with E-state index in [4.69, 9.17) is 0 Å². The molecule has 0 aliphatic carbocycles. The summed E-state index contributed by atoms with van der Waals surface area (Å²) < 4.78 is 28.6. The SMILES string of the molecule is CC(C)CC(=O)NCCc1ccc(S(=O)(=O)NC2CC3CCC(C2)N3)s1. The molecule has 8 heteroatoms. The summed E-state index contributed by atoms with van der Waals surface area (Å²) in [4.78, 5) is 12.6. The fraction of sp³-hybridized carbons (Fsp3) is 0.722. The normalized spacial score (nSPS) is 25.6. The highest BCUT2D eigenvalue weighted by Gasteiger charge is 2.35. The summed E-state index contributed by atoms with van der Waals surface area (Å²) in [6.45, 7) is 4.56. The quantitative estimate of drug-likeness (QED) is 0.624. The van der Waals surface area contributed by atoms with E-state index in [0.717, 1.165) is 30.6 Å². The van der Waals surface area contributed by atoms with Crippen molar-refractivity contribution in [2.45, 2.75) is 74.7 Å². The topological polar surface area (TPSA) is 87.3 Å². The highest BCUT2D eigenvalue weighted by atomic mass is 32.2. The number of fused-ring (bicyclic) bond motifs is 2. The molecule has 2 aliphatic heterocycles. The smallest absolute Gasteiger partial charge is 0.250 e. The third-order valence-electron chi connectivity index (χ3n) is 4.98. The van der Waals surface area contributed by atoms with Crippen LogP contribution in [-0.4, -0.2) is 39.0 Å². The Kier molecular flexibility index (Phi) is 6.37. The first-order valence-corrected chi connectivity index (χ1v) is 11.8. The predicted octanol–water partition coefficient (Wildman–Crippen LogP) is 2.01. The molecular weight excluding hydrogens is 370 g/mol. The summed E-state index contributed by atoms with van der Waals surface area (Å²) in [5, 5.41) is 6.42. The number of rotatable bonds is 8. The third kappa shape index (κ3) is 5.28. The van der Waals surface area contributed by atoms with Gasteiger partial charge in [0.1, 0.15) is 4.21 Å². The second kappa shape index (κ2) is 8.37. The monoisotopic (exact) mass is 399 g/mol. The molecule has 2 atom stereocenters. The number of hydrogen-bond acceptors (Lipinski definition) is 5. The molecule has 26 heavy (non-hydrogen) atoms. The van der Waals surface area contributed by atoms with Gasteiger partial charge in [0.05, 0.1) is 0 Å². The molecular formula is C18H29N3O3S2. The number of carbonyl (C=O) groups excluding carboxylic acids is 1. The average Bonchev–Trinajstić information content (AvgIpc) is 3.13. The molecule has 2 aliphatic rings. The van der Waals surface area contributed by atoms with E-state index in [-0.39, 0.29) is 11.9 Å². The molecule has 6 nitrogen and oxygen atoms in total. The van der Waals surface area contributed by atoms with Crippen LogP contribution in [0.4, 0.5) is 0 Å². The van der Waals surface area contributed by atoms with Crippen molar-refractivity contribution in [1.29, 1.82) is 0 Å². The lowest BCUT2D eigenvalue weighted by molar-refractivity contribution is -0.121. The van der Waals surface area contributed by atoms with Crippen LogP contribution in [-0.2, 0) is 21.2 Å². The Bertz CT molecular complexity index is 718. The van der Waals surface area contributed by atoms with Gasteiger partial charge in [0.2, 0.25) is 15.9 Å². The molecule has 2 fully saturated rings. The van der Waals surface area contributed by atoms with Gasteiger partial charge < -0.3 is 10.6 Å². The van der Waals surface area contributed by atoms with Crippen LogP contribution in [0.25, 0.3) is 0 Å². The molecule has 0 saturated carbocycles. The van der Waals surface area contributed by atoms with Crippen LogP contribution in [0.3, 0.4) is 0 Å². The first-order chi connectivity index (χ1) is 12.3. The van der Waals surface area contributed by atoms with Crippen molar-refractivity contribution < 1.29 is 13.2 Å². The van der Waals surface area contributed by atoms with Crippen LogP contribution in [0.5, 0.6) is 0 Å². The number of hydrogen-bond donors (Lipinski definition) is 3. The van der Waals surface area contributed by atoms with Crippen molar-refractivity contribution in [1.82, 2.24) is 15.4 Å². The van der Waals surface area contributed by atoms with E-state index in [1.807, 2.05) is 19.9 Å². The Hall–Kier alpha value is -0.960. The largest absolute Gasteiger partial charge is 0.356 e. The summed E-state index contributed by atoms with van der Waals surface area (Å²) in [6, 6.07) is 4.46. The summed E-state index contributed by atoms with van der Waals surface area (Å²) >= 11 is 1.29. The average molecular weight is 400 g/mol. The van der Waals surface area contributed by atoms with Gasteiger partial charge in [-0.25, -0.2) is 13.1 Å². The standard InChI is InChI=1S/C18H29N3O3S2/c1-12(2)9-17(22)19-8-7-16-5-6-18(25-16)26(23,24)21-15-10-13-3-4-14(11-15)20-13/h5-6,12-15,20-21H,3-4,7-11H2,1-2H3,(H,19,22). The number of carbonyl (C=O) groups is 1. The Morgan fingerprint density at radius 2 is 1.96 bits per heavy atom. The fourth-order valence-corrected chi connectivity index (χ4v) is 6.47. The summed E-state index contributed by atoms with van der Waals surface area (Å²) in [6.07, 6.45) is 5.21. The Morgan fingerprint density at radius 3 is 2.62 bits per heavy atom. The van der Waals surface area contributed by atoms with Crippen molar-refractivity contribution in [3.8, 4) is 0 Å². The maximum Gasteiger partial charge on any atom is 0.250 e. The van der Waals surface area contributed by atoms with Crippen LogP contribution >= 0.6 is 11.3 Å². The molecule has 1 amide bonds. The van der Waals surface area contributed by atoms with Crippen LogP contribution in [0, 0.1) is 5.92 Å². The first kappa shape index (κ1) is 19.8. The lowest BCUT2D eigenvalue weighted by Crippen LogP contribution is -2.47. The van der Waals surface area contributed by atoms with Crippen molar-refractivity contribution >= 4 is 27.3 Å². The highest BCUT2D eigenvalue weighted by Crippen LogP contribution is 2.29. The summed E-state index contributed by atoms with van der Waals surface area (Å²) in [5.41, 5.74) is 0. The molecule has 3 rings (SSSR count). The zero-order valence-electron chi connectivity index (χ0n) is 15.5. The molecule has 0 spiro atoms. The molecule has 0 radical (unpaired) electrons. The zero-order chi connectivity index (χ0) is 18.7. The van der Waals surface area contributed by atoms with E-state index < -0.39 is 10.0 Å². The van der Waals surface area contributed by atoms with Gasteiger partial charge in [-0.3, -0.25) is 4.79 Å². The second-order valence-electron chi connectivity index (χ2n) is 7.85. The molecule has 3 heterocycles. The fourth-order valence-electron chi connectivity index (χ4n) is 3.84. The molecule has 1 aromatic rings. The van der Waals surface area contributed by atoms with Gasteiger partial charge in [-0.2, -0.15) is 0 Å². The van der Waals surface area contributed by atoms with Crippen LogP contribution in [0.2, 0.25) is 0 Å². The van der Waals surface area contributed by atoms with Gasteiger partial charge in [-0.1, -0.05) is 13.8 Å². The molecule has 2 saturated heterocycles. The van der Waals surface area contributed by atoms with Gasteiger partial charge in [-0.15, -0.1) is 11.3 Å². The lowest BCUT2D eigenvalue weighted by atomic mass is 10.0. The predicted molar refractivity (Wildman–Crippen MR) is 104 cm³/mol. The van der Waals surface area contributed by atoms with Gasteiger partial charge in [-0.05, 0) is 50.2 Å². The molecule has 146 valence electrons. The van der Waals surface area contributed by atoms with Gasteiger partial charge >= 0.3 is 0 Å². The Labute approximate surface area is 160 Å². The van der Waals surface area contributed by atoms with Crippen molar-refractivity contribution in [2.75, 3.05) is 6.54 Å². The zero-order valence-corrected chi connectivity index (χ0v) is 17.1. The van der Waals surface area contributed by atoms with E-state index in [2.05, 4.69) is 15.4 Å². The van der Waals surface area contributed by atoms with Crippen LogP contribution in [0.1, 0.15) is 50.8 Å². The van der Waals surface area contributed by atoms with Crippen molar-refractivity contribution in [3.05, 3.63) is 17.0 Å². The molecule has 3 N–H and O–H groups in total. The third-order valence-corrected chi connectivity index (χ3v) is 8.14. The van der Waals surface area contributed by atoms with E-state index >= 15 is 0 Å². The maximum absolute atomic E-state index is 12.7. The number of amides is 1. The number of sulfonamides is 1. The summed E-state index contributed by atoms with van der Waals surface area (Å²) in [5.74, 6) is 0.386. The van der Waals surface area contributed by atoms with E-state index in [0.29, 0.717) is 41.6 Å². The van der Waals surface area contributed by atoms with Crippen LogP contribution in [0.15, 0.2) is 16.3 Å².